The van der Waals surface area contributed by atoms with E-state index in [1.54, 1.807) is 30.8 Å². The Morgan fingerprint density at radius 1 is 1.18 bits per heavy atom. The van der Waals surface area contributed by atoms with Crippen LogP contribution in [0.2, 0.25) is 0 Å². The summed E-state index contributed by atoms with van der Waals surface area (Å²) < 4.78 is 6.56. The lowest BCUT2D eigenvalue weighted by Gasteiger charge is -2.39. The van der Waals surface area contributed by atoms with E-state index in [1.807, 2.05) is 18.2 Å². The highest BCUT2D eigenvalue weighted by atomic mass is 32.1. The molecule has 0 bridgehead atoms. The maximum atomic E-state index is 13.3. The van der Waals surface area contributed by atoms with E-state index in [4.69, 9.17) is 4.74 Å². The molecule has 2 aromatic heterocycles. The van der Waals surface area contributed by atoms with Crippen LogP contribution in [0.5, 0.6) is 5.88 Å². The van der Waals surface area contributed by atoms with Gasteiger partial charge >= 0.3 is 0 Å². The Bertz CT molecular complexity index is 987. The molecular formula is C21H22N4O2S. The largest absolute Gasteiger partial charge is 0.478 e. The van der Waals surface area contributed by atoms with Gasteiger partial charge in [-0.05, 0) is 36.3 Å². The fraction of sp³-hybridized carbons (Fsp3) is 0.381. The molecule has 5 rings (SSSR count). The Hall–Kier alpha value is -2.67. The van der Waals surface area contributed by atoms with Gasteiger partial charge in [-0.25, -0.2) is 9.97 Å². The highest BCUT2D eigenvalue weighted by Gasteiger charge is 2.42. The average molecular weight is 395 g/mol. The third-order valence-electron chi connectivity index (χ3n) is 5.90. The number of thiophene rings is 1. The smallest absolute Gasteiger partial charge is 0.264 e. The van der Waals surface area contributed by atoms with Crippen LogP contribution in [0.15, 0.2) is 42.7 Å². The number of amides is 1. The molecule has 2 aliphatic rings. The van der Waals surface area contributed by atoms with E-state index in [0.717, 1.165) is 53.3 Å². The summed E-state index contributed by atoms with van der Waals surface area (Å²) in [7, 11) is 1.62. The maximum absolute atomic E-state index is 13.3. The zero-order chi connectivity index (χ0) is 19.1. The molecular weight excluding hydrogens is 372 g/mol. The first-order valence-electron chi connectivity index (χ1n) is 9.64. The number of rotatable bonds is 3. The van der Waals surface area contributed by atoms with E-state index in [1.165, 1.54) is 0 Å². The van der Waals surface area contributed by atoms with Gasteiger partial charge in [-0.3, -0.25) is 4.79 Å². The van der Waals surface area contributed by atoms with Crippen LogP contribution in [-0.2, 0) is 0 Å². The molecule has 0 spiro atoms. The molecule has 0 radical (unpaired) electrons. The molecule has 2 saturated heterocycles. The molecule has 7 heteroatoms. The summed E-state index contributed by atoms with van der Waals surface area (Å²) >= 11 is 1.59. The first kappa shape index (κ1) is 17.4. The third-order valence-corrected chi connectivity index (χ3v) is 7.00. The van der Waals surface area contributed by atoms with Crippen molar-refractivity contribution in [3.8, 4) is 5.88 Å². The zero-order valence-corrected chi connectivity index (χ0v) is 16.6. The first-order chi connectivity index (χ1) is 13.7. The molecule has 1 aromatic carbocycles. The number of aromatic nitrogens is 2. The zero-order valence-electron chi connectivity index (χ0n) is 15.7. The maximum Gasteiger partial charge on any atom is 0.264 e. The minimum Gasteiger partial charge on any atom is -0.478 e. The van der Waals surface area contributed by atoms with Crippen molar-refractivity contribution in [2.45, 2.75) is 18.9 Å². The van der Waals surface area contributed by atoms with Crippen LogP contribution in [0.3, 0.4) is 0 Å². The second-order valence-electron chi connectivity index (χ2n) is 7.39. The minimum atomic E-state index is 0.154. The molecule has 2 aliphatic heterocycles. The predicted octanol–water partition coefficient (Wildman–Crippen LogP) is 3.44. The van der Waals surface area contributed by atoms with Gasteiger partial charge in [-0.15, -0.1) is 11.3 Å². The summed E-state index contributed by atoms with van der Waals surface area (Å²) in [6.07, 6.45) is 5.47. The Labute approximate surface area is 167 Å². The van der Waals surface area contributed by atoms with Crippen LogP contribution in [0.4, 0.5) is 5.82 Å². The van der Waals surface area contributed by atoms with Gasteiger partial charge in [-0.2, -0.15) is 0 Å². The number of carbonyl (C=O) groups is 1. The molecule has 0 N–H and O–H groups in total. The number of hydrogen-bond donors (Lipinski definition) is 0. The van der Waals surface area contributed by atoms with E-state index in [2.05, 4.69) is 31.9 Å². The van der Waals surface area contributed by atoms with Gasteiger partial charge in [0.2, 0.25) is 0 Å². The lowest BCUT2D eigenvalue weighted by atomic mass is 9.92. The predicted molar refractivity (Wildman–Crippen MR) is 110 cm³/mol. The molecule has 144 valence electrons. The van der Waals surface area contributed by atoms with Gasteiger partial charge in [0, 0.05) is 36.7 Å². The van der Waals surface area contributed by atoms with Crippen molar-refractivity contribution >= 4 is 33.1 Å². The monoisotopic (exact) mass is 394 g/mol. The van der Waals surface area contributed by atoms with E-state index >= 15 is 0 Å². The van der Waals surface area contributed by atoms with Crippen molar-refractivity contribution < 1.29 is 9.53 Å². The van der Waals surface area contributed by atoms with Gasteiger partial charge in [-0.1, -0.05) is 18.2 Å². The van der Waals surface area contributed by atoms with Crippen LogP contribution >= 0.6 is 11.3 Å². The number of fused-ring (bicyclic) bond motifs is 2. The van der Waals surface area contributed by atoms with Gasteiger partial charge < -0.3 is 14.5 Å². The van der Waals surface area contributed by atoms with Crippen LogP contribution in [0.1, 0.15) is 22.5 Å². The number of carbonyl (C=O) groups excluding carboxylic acids is 1. The van der Waals surface area contributed by atoms with E-state index < -0.39 is 0 Å². The molecule has 0 saturated carbocycles. The van der Waals surface area contributed by atoms with Crippen LogP contribution in [0.25, 0.3) is 10.1 Å². The minimum absolute atomic E-state index is 0.154. The Kier molecular flexibility index (Phi) is 4.39. The summed E-state index contributed by atoms with van der Waals surface area (Å²) in [5, 5.41) is 1.14. The molecule has 28 heavy (non-hydrogen) atoms. The van der Waals surface area contributed by atoms with Gasteiger partial charge in [0.25, 0.3) is 11.8 Å². The fourth-order valence-corrected chi connectivity index (χ4v) is 5.51. The summed E-state index contributed by atoms with van der Waals surface area (Å²) in [6, 6.07) is 10.4. The number of ether oxygens (including phenoxy) is 1. The molecule has 4 heterocycles. The normalized spacial score (nSPS) is 21.8. The molecule has 6 nitrogen and oxygen atoms in total. The summed E-state index contributed by atoms with van der Waals surface area (Å²) in [5.74, 6) is 2.02. The number of piperidine rings is 1. The number of benzene rings is 1. The molecule has 2 unspecified atom stereocenters. The first-order valence-corrected chi connectivity index (χ1v) is 10.5. The van der Waals surface area contributed by atoms with Crippen molar-refractivity contribution in [2.75, 3.05) is 31.6 Å². The van der Waals surface area contributed by atoms with Crippen molar-refractivity contribution in [3.05, 3.63) is 47.6 Å². The van der Waals surface area contributed by atoms with Crippen LogP contribution < -0.4 is 9.64 Å². The Balaban J connectivity index is 1.40. The Morgan fingerprint density at radius 2 is 2.00 bits per heavy atom. The van der Waals surface area contributed by atoms with E-state index in [0.29, 0.717) is 11.8 Å². The second kappa shape index (κ2) is 7.05. The number of methoxy groups -OCH3 is 1. The molecule has 3 aromatic rings. The quantitative estimate of drug-likeness (QED) is 0.681. The van der Waals surface area contributed by atoms with Crippen molar-refractivity contribution in [1.29, 1.82) is 0 Å². The average Bonchev–Trinajstić information content (AvgIpc) is 3.37. The highest BCUT2D eigenvalue weighted by Crippen LogP contribution is 2.37. The van der Waals surface area contributed by atoms with E-state index in [9.17, 15) is 4.79 Å². The van der Waals surface area contributed by atoms with Crippen LogP contribution in [-0.4, -0.2) is 53.6 Å². The number of anilines is 1. The standard InChI is InChI=1S/C21H22N4O2S/c1-27-20-19(22-8-9-23-20)24-10-6-14-7-11-25(16(14)13-24)21(26)18-12-15-4-2-3-5-17(15)28-18/h2-5,8-9,12,14,16H,6-7,10-11,13H2,1H3. The van der Waals surface area contributed by atoms with Gasteiger partial charge in [0.15, 0.2) is 5.82 Å². The second-order valence-corrected chi connectivity index (χ2v) is 8.47. The van der Waals surface area contributed by atoms with E-state index in [-0.39, 0.29) is 11.9 Å². The van der Waals surface area contributed by atoms with Crippen molar-refractivity contribution in [3.63, 3.8) is 0 Å². The highest BCUT2D eigenvalue weighted by molar-refractivity contribution is 7.20. The topological polar surface area (TPSA) is 58.6 Å². The summed E-state index contributed by atoms with van der Waals surface area (Å²) in [4.78, 5) is 27.2. The fourth-order valence-electron chi connectivity index (χ4n) is 4.49. The Morgan fingerprint density at radius 3 is 2.86 bits per heavy atom. The lowest BCUT2D eigenvalue weighted by Crippen LogP contribution is -2.50. The van der Waals surface area contributed by atoms with Crippen LogP contribution in [0, 0.1) is 5.92 Å². The number of likely N-dealkylation sites (tertiary alicyclic amines) is 1. The van der Waals surface area contributed by atoms with Crippen molar-refractivity contribution in [1.82, 2.24) is 14.9 Å². The van der Waals surface area contributed by atoms with Gasteiger partial charge in [0.05, 0.1) is 18.0 Å². The van der Waals surface area contributed by atoms with Gasteiger partial charge in [0.1, 0.15) is 0 Å². The molecule has 1 amide bonds. The molecule has 0 aliphatic carbocycles. The number of nitrogens with zero attached hydrogens (tertiary/aromatic N) is 4. The summed E-state index contributed by atoms with van der Waals surface area (Å²) in [6.45, 7) is 2.52. The van der Waals surface area contributed by atoms with Crippen molar-refractivity contribution in [2.24, 2.45) is 5.92 Å². The third kappa shape index (κ3) is 2.90. The molecule has 2 fully saturated rings. The number of hydrogen-bond acceptors (Lipinski definition) is 6. The lowest BCUT2D eigenvalue weighted by molar-refractivity contribution is 0.0717. The molecule has 2 atom stereocenters. The SMILES string of the molecule is COc1nccnc1N1CCC2CCN(C(=O)c3cc4ccccc4s3)C2C1. The summed E-state index contributed by atoms with van der Waals surface area (Å²) in [5.41, 5.74) is 0.